The Morgan fingerprint density at radius 1 is 1.25 bits per heavy atom. The first-order valence-electron chi connectivity index (χ1n) is 5.95. The van der Waals surface area contributed by atoms with E-state index in [0.717, 1.165) is 16.9 Å². The molecular weight excluding hydrogens is 297 g/mol. The molecule has 0 spiro atoms. The van der Waals surface area contributed by atoms with Crippen molar-refractivity contribution in [1.29, 1.82) is 0 Å². The summed E-state index contributed by atoms with van der Waals surface area (Å²) in [6, 6.07) is 6.75. The minimum absolute atomic E-state index is 0.0781. The highest BCUT2D eigenvalue weighted by Gasteiger charge is 2.13. The molecule has 0 amide bonds. The summed E-state index contributed by atoms with van der Waals surface area (Å²) in [5.41, 5.74) is 8.53. The van der Waals surface area contributed by atoms with Gasteiger partial charge in [-0.2, -0.15) is 0 Å². The number of phenols is 1. The molecule has 0 radical (unpaired) electrons. The molecule has 102 valence electrons. The van der Waals surface area contributed by atoms with E-state index in [1.807, 2.05) is 22.7 Å². The van der Waals surface area contributed by atoms with Crippen molar-refractivity contribution in [2.24, 2.45) is 5.73 Å². The average Bonchev–Trinajstić information content (AvgIpc) is 2.86. The predicted molar refractivity (Wildman–Crippen MR) is 80.2 cm³/mol. The molecule has 4 nitrogen and oxygen atoms in total. The van der Waals surface area contributed by atoms with Gasteiger partial charge in [-0.15, -0.1) is 0 Å². The van der Waals surface area contributed by atoms with E-state index < -0.39 is 0 Å². The normalized spacial score (nSPS) is 11.2. The second kappa shape index (κ2) is 4.98. The lowest BCUT2D eigenvalue weighted by Gasteiger charge is -2.09. The van der Waals surface area contributed by atoms with Crippen LogP contribution in [0.3, 0.4) is 0 Å². The monoisotopic (exact) mass is 307 g/mol. The predicted octanol–water partition coefficient (Wildman–Crippen LogP) is 3.47. The molecule has 0 unspecified atom stereocenters. The standard InChI is InChI=1S/C14H11Cl2N3O/c15-10-1-2-11(20)13(14(10)16)8-3-4-19-9(6-17)7-18-12(19)5-8/h1-5,7,20H,6,17H2. The molecule has 0 fully saturated rings. The number of hydrogen-bond donors (Lipinski definition) is 2. The fourth-order valence-corrected chi connectivity index (χ4v) is 2.58. The van der Waals surface area contributed by atoms with E-state index in [4.69, 9.17) is 28.9 Å². The first-order chi connectivity index (χ1) is 9.61. The summed E-state index contributed by atoms with van der Waals surface area (Å²) < 4.78 is 1.89. The number of imidazole rings is 1. The van der Waals surface area contributed by atoms with Crippen LogP contribution in [0.5, 0.6) is 5.75 Å². The van der Waals surface area contributed by atoms with E-state index in [-0.39, 0.29) is 5.75 Å². The fraction of sp³-hybridized carbons (Fsp3) is 0.0714. The molecule has 1 aromatic carbocycles. The number of nitrogens with two attached hydrogens (primary N) is 1. The first-order valence-corrected chi connectivity index (χ1v) is 6.71. The maximum atomic E-state index is 10.0. The van der Waals surface area contributed by atoms with Crippen molar-refractivity contribution < 1.29 is 5.11 Å². The van der Waals surface area contributed by atoms with Gasteiger partial charge in [0.1, 0.15) is 11.4 Å². The van der Waals surface area contributed by atoms with Crippen LogP contribution in [0, 0.1) is 0 Å². The smallest absolute Gasteiger partial charge is 0.137 e. The van der Waals surface area contributed by atoms with Gasteiger partial charge in [-0.1, -0.05) is 23.2 Å². The summed E-state index contributed by atoms with van der Waals surface area (Å²) in [5.74, 6) is 0.0781. The van der Waals surface area contributed by atoms with Crippen molar-refractivity contribution in [1.82, 2.24) is 9.38 Å². The van der Waals surface area contributed by atoms with Crippen molar-refractivity contribution in [3.63, 3.8) is 0 Å². The Morgan fingerprint density at radius 3 is 2.80 bits per heavy atom. The molecule has 0 saturated heterocycles. The van der Waals surface area contributed by atoms with Gasteiger partial charge >= 0.3 is 0 Å². The third-order valence-electron chi connectivity index (χ3n) is 3.16. The van der Waals surface area contributed by atoms with Crippen LogP contribution in [0.25, 0.3) is 16.8 Å². The number of halogens is 2. The SMILES string of the molecule is NCc1cnc2cc(-c3c(O)ccc(Cl)c3Cl)ccn12. The van der Waals surface area contributed by atoms with Crippen LogP contribution in [0.4, 0.5) is 0 Å². The van der Waals surface area contributed by atoms with Crippen LogP contribution in [0.2, 0.25) is 10.0 Å². The van der Waals surface area contributed by atoms with Gasteiger partial charge in [0, 0.05) is 18.3 Å². The maximum absolute atomic E-state index is 10.0. The lowest BCUT2D eigenvalue weighted by molar-refractivity contribution is 0.477. The molecule has 3 aromatic rings. The number of aromatic hydroxyl groups is 1. The van der Waals surface area contributed by atoms with Crippen LogP contribution in [0.1, 0.15) is 5.69 Å². The number of nitrogens with zero attached hydrogens (tertiary/aromatic N) is 2. The van der Waals surface area contributed by atoms with Crippen LogP contribution in [-0.2, 0) is 6.54 Å². The highest BCUT2D eigenvalue weighted by Crippen LogP contribution is 2.40. The van der Waals surface area contributed by atoms with Crippen molar-refractivity contribution in [2.75, 3.05) is 0 Å². The zero-order chi connectivity index (χ0) is 14.3. The van der Waals surface area contributed by atoms with Crippen LogP contribution < -0.4 is 5.73 Å². The molecule has 20 heavy (non-hydrogen) atoms. The molecule has 0 aliphatic heterocycles. The van der Waals surface area contributed by atoms with Crippen molar-refractivity contribution in [3.05, 3.63) is 52.4 Å². The van der Waals surface area contributed by atoms with Gasteiger partial charge in [0.25, 0.3) is 0 Å². The Hall–Kier alpha value is -1.75. The van der Waals surface area contributed by atoms with Crippen molar-refractivity contribution in [2.45, 2.75) is 6.54 Å². The Bertz CT molecular complexity index is 798. The van der Waals surface area contributed by atoms with E-state index in [9.17, 15) is 5.11 Å². The fourth-order valence-electron chi connectivity index (χ4n) is 2.15. The Morgan fingerprint density at radius 2 is 2.05 bits per heavy atom. The molecule has 2 heterocycles. The molecule has 0 bridgehead atoms. The minimum atomic E-state index is 0.0781. The van der Waals surface area contributed by atoms with E-state index >= 15 is 0 Å². The summed E-state index contributed by atoms with van der Waals surface area (Å²) in [5, 5.41) is 10.7. The van der Waals surface area contributed by atoms with Crippen LogP contribution >= 0.6 is 23.2 Å². The van der Waals surface area contributed by atoms with Crippen LogP contribution in [0.15, 0.2) is 36.7 Å². The number of rotatable bonds is 2. The van der Waals surface area contributed by atoms with Gasteiger partial charge in [0.05, 0.1) is 21.9 Å². The quantitative estimate of drug-likeness (QED) is 0.762. The van der Waals surface area contributed by atoms with E-state index in [1.165, 1.54) is 6.07 Å². The second-order valence-corrected chi connectivity index (χ2v) is 5.14. The highest BCUT2D eigenvalue weighted by molar-refractivity contribution is 6.44. The summed E-state index contributed by atoms with van der Waals surface area (Å²) >= 11 is 12.2. The molecule has 0 aliphatic rings. The van der Waals surface area contributed by atoms with Gasteiger partial charge in [0.2, 0.25) is 0 Å². The summed E-state index contributed by atoms with van der Waals surface area (Å²) in [6.07, 6.45) is 3.56. The van der Waals surface area contributed by atoms with Gasteiger partial charge < -0.3 is 15.2 Å². The van der Waals surface area contributed by atoms with Crippen LogP contribution in [-0.4, -0.2) is 14.5 Å². The first kappa shape index (κ1) is 13.2. The second-order valence-electron chi connectivity index (χ2n) is 4.35. The van der Waals surface area contributed by atoms with E-state index in [2.05, 4.69) is 4.98 Å². The lowest BCUT2D eigenvalue weighted by Crippen LogP contribution is -2.00. The molecule has 3 N–H and O–H groups in total. The number of hydrogen-bond acceptors (Lipinski definition) is 3. The Labute approximate surface area is 125 Å². The van der Waals surface area contributed by atoms with E-state index in [1.54, 1.807) is 12.3 Å². The molecule has 0 aliphatic carbocycles. The summed E-state index contributed by atoms with van der Waals surface area (Å²) in [4.78, 5) is 4.28. The highest BCUT2D eigenvalue weighted by atomic mass is 35.5. The molecule has 0 saturated carbocycles. The zero-order valence-electron chi connectivity index (χ0n) is 10.3. The van der Waals surface area contributed by atoms with Gasteiger partial charge in [-0.3, -0.25) is 0 Å². The number of phenolic OH excluding ortho intramolecular Hbond substituents is 1. The summed E-state index contributed by atoms with van der Waals surface area (Å²) in [6.45, 7) is 0.406. The Kier molecular flexibility index (Phi) is 3.30. The molecule has 3 rings (SSSR count). The number of benzene rings is 1. The van der Waals surface area contributed by atoms with Gasteiger partial charge in [0.15, 0.2) is 0 Å². The number of aromatic nitrogens is 2. The topological polar surface area (TPSA) is 63.5 Å². The molecule has 6 heteroatoms. The molecule has 0 atom stereocenters. The molecular formula is C14H11Cl2N3O. The number of pyridine rings is 1. The van der Waals surface area contributed by atoms with Gasteiger partial charge in [-0.05, 0) is 29.8 Å². The third-order valence-corrected chi connectivity index (χ3v) is 3.96. The maximum Gasteiger partial charge on any atom is 0.137 e. The Balaban J connectivity index is 2.23. The van der Waals surface area contributed by atoms with Crippen molar-refractivity contribution in [3.8, 4) is 16.9 Å². The average molecular weight is 308 g/mol. The largest absolute Gasteiger partial charge is 0.507 e. The van der Waals surface area contributed by atoms with Crippen molar-refractivity contribution >= 4 is 28.8 Å². The zero-order valence-corrected chi connectivity index (χ0v) is 11.9. The van der Waals surface area contributed by atoms with Gasteiger partial charge in [-0.25, -0.2) is 4.98 Å². The number of fused-ring (bicyclic) bond motifs is 1. The third kappa shape index (κ3) is 2.02. The minimum Gasteiger partial charge on any atom is -0.507 e. The lowest BCUT2D eigenvalue weighted by atomic mass is 10.1. The van der Waals surface area contributed by atoms with E-state index in [0.29, 0.717) is 22.2 Å². The summed E-state index contributed by atoms with van der Waals surface area (Å²) in [7, 11) is 0. The molecule has 2 aromatic heterocycles.